The van der Waals surface area contributed by atoms with Crippen molar-refractivity contribution in [3.8, 4) is 11.5 Å². The first kappa shape index (κ1) is 18.8. The zero-order valence-corrected chi connectivity index (χ0v) is 15.1. The Morgan fingerprint density at radius 2 is 1.96 bits per heavy atom. The Morgan fingerprint density at radius 3 is 2.60 bits per heavy atom. The second-order valence-electron chi connectivity index (χ2n) is 5.80. The molecule has 0 atom stereocenters. The molecule has 0 saturated heterocycles. The molecular weight excluding hydrogens is 321 g/mol. The van der Waals surface area contributed by atoms with Gasteiger partial charge in [-0.3, -0.25) is 4.79 Å². The lowest BCUT2D eigenvalue weighted by molar-refractivity contribution is -0.119. The molecule has 0 radical (unpaired) electrons. The fourth-order valence-electron chi connectivity index (χ4n) is 2.73. The van der Waals surface area contributed by atoms with Crippen LogP contribution in [-0.4, -0.2) is 20.1 Å². The highest BCUT2D eigenvalue weighted by Gasteiger charge is 2.14. The topological polar surface area (TPSA) is 47.6 Å². The van der Waals surface area contributed by atoms with Gasteiger partial charge in [-0.1, -0.05) is 19.1 Å². The Bertz CT molecular complexity index is 759. The number of hydrogen-bond donors (Lipinski definition) is 1. The summed E-state index contributed by atoms with van der Waals surface area (Å²) in [7, 11) is 3.15. The van der Waals surface area contributed by atoms with E-state index in [0.717, 1.165) is 28.7 Å². The molecule has 0 aliphatic rings. The predicted molar refractivity (Wildman–Crippen MR) is 95.6 cm³/mol. The molecule has 4 nitrogen and oxygen atoms in total. The monoisotopic (exact) mass is 345 g/mol. The summed E-state index contributed by atoms with van der Waals surface area (Å²) in [5.74, 6) is 0.323. The fraction of sp³-hybridized carbons (Fsp3) is 0.350. The number of rotatable bonds is 7. The first-order chi connectivity index (χ1) is 12.0. The van der Waals surface area contributed by atoms with Crippen molar-refractivity contribution >= 4 is 5.91 Å². The van der Waals surface area contributed by atoms with Gasteiger partial charge in [-0.25, -0.2) is 4.39 Å². The summed E-state index contributed by atoms with van der Waals surface area (Å²) in [6.45, 7) is 4.05. The van der Waals surface area contributed by atoms with Gasteiger partial charge >= 0.3 is 0 Å². The summed E-state index contributed by atoms with van der Waals surface area (Å²) in [5.41, 5.74) is 3.48. The standard InChI is InChI=1S/C20H24FNO3/c1-5-14-10-17(21)19(9-13(14)2)25-12-16-15(11-20(23)22-3)7-6-8-18(16)24-4/h6-10H,5,11-12H2,1-4H3,(H,22,23). The van der Waals surface area contributed by atoms with Gasteiger partial charge in [0.2, 0.25) is 5.91 Å². The van der Waals surface area contributed by atoms with Gasteiger partial charge in [0.05, 0.1) is 13.5 Å². The molecule has 25 heavy (non-hydrogen) atoms. The average molecular weight is 345 g/mol. The summed E-state index contributed by atoms with van der Waals surface area (Å²) in [6.07, 6.45) is 0.981. The maximum atomic E-state index is 14.2. The fourth-order valence-corrected chi connectivity index (χ4v) is 2.73. The van der Waals surface area contributed by atoms with Crippen LogP contribution in [0, 0.1) is 12.7 Å². The quantitative estimate of drug-likeness (QED) is 0.834. The van der Waals surface area contributed by atoms with Gasteiger partial charge in [0.1, 0.15) is 12.4 Å². The normalized spacial score (nSPS) is 10.4. The van der Waals surface area contributed by atoms with Gasteiger partial charge in [-0.15, -0.1) is 0 Å². The minimum atomic E-state index is -0.384. The number of benzene rings is 2. The number of carbonyl (C=O) groups is 1. The summed E-state index contributed by atoms with van der Waals surface area (Å²) in [5, 5.41) is 2.60. The molecule has 0 aromatic heterocycles. The minimum absolute atomic E-state index is 0.108. The van der Waals surface area contributed by atoms with E-state index in [9.17, 15) is 9.18 Å². The minimum Gasteiger partial charge on any atom is -0.496 e. The molecule has 1 amide bonds. The van der Waals surface area contributed by atoms with Crippen LogP contribution < -0.4 is 14.8 Å². The first-order valence-electron chi connectivity index (χ1n) is 8.27. The Labute approximate surface area is 148 Å². The van der Waals surface area contributed by atoms with E-state index in [2.05, 4.69) is 5.32 Å². The van der Waals surface area contributed by atoms with Crippen molar-refractivity contribution in [2.45, 2.75) is 33.3 Å². The molecule has 2 aromatic carbocycles. The van der Waals surface area contributed by atoms with E-state index < -0.39 is 0 Å². The predicted octanol–water partition coefficient (Wildman–Crippen LogP) is 3.57. The SMILES string of the molecule is CCc1cc(F)c(OCc2c(CC(=O)NC)cccc2OC)cc1C. The van der Waals surface area contributed by atoms with Gasteiger partial charge in [-0.2, -0.15) is 0 Å². The highest BCUT2D eigenvalue weighted by molar-refractivity contribution is 5.78. The molecule has 0 aliphatic heterocycles. The van der Waals surface area contributed by atoms with E-state index in [1.54, 1.807) is 26.3 Å². The third kappa shape index (κ3) is 4.50. The van der Waals surface area contributed by atoms with E-state index in [4.69, 9.17) is 9.47 Å². The van der Waals surface area contributed by atoms with E-state index in [-0.39, 0.29) is 30.5 Å². The first-order valence-corrected chi connectivity index (χ1v) is 8.27. The van der Waals surface area contributed by atoms with E-state index >= 15 is 0 Å². The lowest BCUT2D eigenvalue weighted by atomic mass is 10.0. The molecule has 0 bridgehead atoms. The Hall–Kier alpha value is -2.56. The Morgan fingerprint density at radius 1 is 1.20 bits per heavy atom. The van der Waals surface area contributed by atoms with Crippen molar-refractivity contribution in [3.05, 3.63) is 58.4 Å². The Kier molecular flexibility index (Phi) is 6.39. The molecule has 0 heterocycles. The van der Waals surface area contributed by atoms with Crippen LogP contribution in [-0.2, 0) is 24.2 Å². The molecule has 1 N–H and O–H groups in total. The number of nitrogens with one attached hydrogen (secondary N) is 1. The van der Waals surface area contributed by atoms with Crippen molar-refractivity contribution in [1.29, 1.82) is 0 Å². The number of carbonyl (C=O) groups excluding carboxylic acids is 1. The molecule has 0 fully saturated rings. The van der Waals surface area contributed by atoms with Crippen LogP contribution in [0.3, 0.4) is 0 Å². The highest BCUT2D eigenvalue weighted by atomic mass is 19.1. The number of hydrogen-bond acceptors (Lipinski definition) is 3. The van der Waals surface area contributed by atoms with Crippen LogP contribution in [0.4, 0.5) is 4.39 Å². The van der Waals surface area contributed by atoms with E-state index in [1.807, 2.05) is 26.0 Å². The van der Waals surface area contributed by atoms with Crippen LogP contribution in [0.2, 0.25) is 0 Å². The molecule has 2 rings (SSSR count). The number of amides is 1. The van der Waals surface area contributed by atoms with Crippen molar-refractivity contribution < 1.29 is 18.7 Å². The van der Waals surface area contributed by atoms with Crippen LogP contribution in [0.15, 0.2) is 30.3 Å². The van der Waals surface area contributed by atoms with Crippen LogP contribution >= 0.6 is 0 Å². The molecule has 0 aliphatic carbocycles. The number of halogens is 1. The van der Waals surface area contributed by atoms with Crippen LogP contribution in [0.5, 0.6) is 11.5 Å². The van der Waals surface area contributed by atoms with Crippen LogP contribution in [0.1, 0.15) is 29.2 Å². The lowest BCUT2D eigenvalue weighted by Crippen LogP contribution is -2.21. The molecule has 134 valence electrons. The van der Waals surface area contributed by atoms with Crippen molar-refractivity contribution in [3.63, 3.8) is 0 Å². The van der Waals surface area contributed by atoms with Crippen molar-refractivity contribution in [2.75, 3.05) is 14.2 Å². The summed E-state index contributed by atoms with van der Waals surface area (Å²) >= 11 is 0. The summed E-state index contributed by atoms with van der Waals surface area (Å²) in [6, 6.07) is 8.69. The summed E-state index contributed by atoms with van der Waals surface area (Å²) in [4.78, 5) is 11.7. The third-order valence-electron chi connectivity index (χ3n) is 4.22. The zero-order chi connectivity index (χ0) is 18.4. The molecule has 5 heteroatoms. The van der Waals surface area contributed by atoms with E-state index in [0.29, 0.717) is 5.75 Å². The zero-order valence-electron chi connectivity index (χ0n) is 15.1. The Balaban J connectivity index is 2.28. The van der Waals surface area contributed by atoms with Gasteiger partial charge in [0.15, 0.2) is 11.6 Å². The summed E-state index contributed by atoms with van der Waals surface area (Å²) < 4.78 is 25.3. The van der Waals surface area contributed by atoms with Gasteiger partial charge in [0.25, 0.3) is 0 Å². The highest BCUT2D eigenvalue weighted by Crippen LogP contribution is 2.27. The third-order valence-corrected chi connectivity index (χ3v) is 4.22. The smallest absolute Gasteiger partial charge is 0.224 e. The van der Waals surface area contributed by atoms with Crippen LogP contribution in [0.25, 0.3) is 0 Å². The molecule has 0 spiro atoms. The molecule has 0 unspecified atom stereocenters. The van der Waals surface area contributed by atoms with Crippen molar-refractivity contribution in [1.82, 2.24) is 5.32 Å². The van der Waals surface area contributed by atoms with E-state index in [1.165, 1.54) is 6.07 Å². The number of ether oxygens (including phenoxy) is 2. The lowest BCUT2D eigenvalue weighted by Gasteiger charge is -2.16. The average Bonchev–Trinajstić information content (AvgIpc) is 2.62. The largest absolute Gasteiger partial charge is 0.496 e. The number of likely N-dealkylation sites (N-methyl/N-ethyl adjacent to an activating group) is 1. The number of aryl methyl sites for hydroxylation is 2. The maximum Gasteiger partial charge on any atom is 0.224 e. The molecule has 0 saturated carbocycles. The van der Waals surface area contributed by atoms with Gasteiger partial charge in [0, 0.05) is 12.6 Å². The van der Waals surface area contributed by atoms with Gasteiger partial charge < -0.3 is 14.8 Å². The molecular formula is C20H24FNO3. The van der Waals surface area contributed by atoms with Gasteiger partial charge in [-0.05, 0) is 48.2 Å². The molecule has 2 aromatic rings. The van der Waals surface area contributed by atoms with Crippen molar-refractivity contribution in [2.24, 2.45) is 0 Å². The second kappa shape index (κ2) is 8.51. The number of methoxy groups -OCH3 is 1. The maximum absolute atomic E-state index is 14.2. The second-order valence-corrected chi connectivity index (χ2v) is 5.80.